The number of aliphatic hydroxyl groups excluding tert-OH is 1. The van der Waals surface area contributed by atoms with Crippen LogP contribution in [0.25, 0.3) is 0 Å². The Hall–Kier alpha value is -1.59. The highest BCUT2D eigenvalue weighted by Crippen LogP contribution is 2.35. The number of carbonyl (C=O) groups is 1. The highest BCUT2D eigenvalue weighted by molar-refractivity contribution is 5.67. The van der Waals surface area contributed by atoms with Crippen LogP contribution < -0.4 is 0 Å². The fourth-order valence-corrected chi connectivity index (χ4v) is 3.26. The average Bonchev–Trinajstić information content (AvgIpc) is 2.54. The van der Waals surface area contributed by atoms with Crippen LogP contribution in [0.2, 0.25) is 0 Å². The lowest BCUT2D eigenvalue weighted by molar-refractivity contribution is -0.140. The first-order valence-electron chi connectivity index (χ1n) is 7.95. The lowest BCUT2D eigenvalue weighted by atomic mass is 9.83. The molecule has 3 rings (SSSR count). The van der Waals surface area contributed by atoms with Crippen molar-refractivity contribution in [3.8, 4) is 0 Å². The maximum atomic E-state index is 12.1. The molecule has 5 heteroatoms. The summed E-state index contributed by atoms with van der Waals surface area (Å²) in [5.41, 5.74) is 0.747. The number of benzene rings is 1. The van der Waals surface area contributed by atoms with E-state index in [0.29, 0.717) is 39.1 Å². The minimum atomic E-state index is -0.273. The van der Waals surface area contributed by atoms with Crippen LogP contribution in [-0.4, -0.2) is 47.5 Å². The number of hydrogen-bond donors (Lipinski definition) is 1. The van der Waals surface area contributed by atoms with Crippen LogP contribution >= 0.6 is 0 Å². The van der Waals surface area contributed by atoms with Gasteiger partial charge >= 0.3 is 6.09 Å². The van der Waals surface area contributed by atoms with Crippen LogP contribution in [0.3, 0.4) is 0 Å². The Morgan fingerprint density at radius 1 is 1.32 bits per heavy atom. The van der Waals surface area contributed by atoms with Crippen LogP contribution in [-0.2, 0) is 16.1 Å². The van der Waals surface area contributed by atoms with Crippen molar-refractivity contribution in [2.75, 3.05) is 19.7 Å². The molecule has 2 aliphatic rings. The molecule has 1 aromatic carbocycles. The van der Waals surface area contributed by atoms with Crippen LogP contribution in [0.15, 0.2) is 30.3 Å². The number of rotatable bonds is 2. The molecule has 5 nitrogen and oxygen atoms in total. The number of aliphatic hydroxyl groups is 1. The third kappa shape index (κ3) is 3.59. The normalized spacial score (nSPS) is 24.2. The van der Waals surface area contributed by atoms with E-state index in [4.69, 9.17) is 9.47 Å². The number of likely N-dealkylation sites (tertiary alicyclic amines) is 1. The minimum Gasteiger partial charge on any atom is -0.445 e. The minimum absolute atomic E-state index is 0.242. The SMILES string of the molecule is O=C(OCc1ccccc1)N1CCC2(CC1)CC(O)CCO2. The lowest BCUT2D eigenvalue weighted by Gasteiger charge is -2.44. The number of ether oxygens (including phenoxy) is 2. The van der Waals surface area contributed by atoms with Crippen molar-refractivity contribution >= 4 is 6.09 Å². The number of nitrogens with zero attached hydrogens (tertiary/aromatic N) is 1. The largest absolute Gasteiger partial charge is 0.445 e. The van der Waals surface area contributed by atoms with Crippen LogP contribution in [0.1, 0.15) is 31.2 Å². The van der Waals surface area contributed by atoms with Gasteiger partial charge in [-0.1, -0.05) is 30.3 Å². The van der Waals surface area contributed by atoms with Crippen LogP contribution in [0, 0.1) is 0 Å². The molecule has 1 atom stereocenters. The number of hydrogen-bond acceptors (Lipinski definition) is 4. The molecular formula is C17H23NO4. The van der Waals surface area contributed by atoms with Crippen molar-refractivity contribution in [3.63, 3.8) is 0 Å². The Morgan fingerprint density at radius 2 is 2.05 bits per heavy atom. The van der Waals surface area contributed by atoms with E-state index in [2.05, 4.69) is 0 Å². The van der Waals surface area contributed by atoms with E-state index in [0.717, 1.165) is 18.4 Å². The molecule has 1 amide bonds. The van der Waals surface area contributed by atoms with Gasteiger partial charge in [0.05, 0.1) is 11.7 Å². The van der Waals surface area contributed by atoms with Gasteiger partial charge in [-0.3, -0.25) is 0 Å². The quantitative estimate of drug-likeness (QED) is 0.911. The Balaban J connectivity index is 1.47. The summed E-state index contributed by atoms with van der Waals surface area (Å²) in [6.07, 6.45) is 2.39. The van der Waals surface area contributed by atoms with Gasteiger partial charge in [-0.2, -0.15) is 0 Å². The number of carbonyl (C=O) groups excluding carboxylic acids is 1. The third-order valence-electron chi connectivity index (χ3n) is 4.60. The lowest BCUT2D eigenvalue weighted by Crippen LogP contribution is -2.51. The predicted octanol–water partition coefficient (Wildman–Crippen LogP) is 2.33. The summed E-state index contributed by atoms with van der Waals surface area (Å²) in [5.74, 6) is 0. The van der Waals surface area contributed by atoms with Crippen LogP contribution in [0.4, 0.5) is 4.79 Å². The summed E-state index contributed by atoms with van der Waals surface area (Å²) in [4.78, 5) is 13.9. The first-order chi connectivity index (χ1) is 10.7. The van der Waals surface area contributed by atoms with Crippen molar-refractivity contribution in [3.05, 3.63) is 35.9 Å². The van der Waals surface area contributed by atoms with Gasteiger partial charge in [-0.25, -0.2) is 4.79 Å². The van der Waals surface area contributed by atoms with E-state index in [1.165, 1.54) is 0 Å². The molecule has 0 saturated carbocycles. The fourth-order valence-electron chi connectivity index (χ4n) is 3.26. The van der Waals surface area contributed by atoms with E-state index < -0.39 is 0 Å². The summed E-state index contributed by atoms with van der Waals surface area (Å²) >= 11 is 0. The Labute approximate surface area is 130 Å². The molecule has 1 unspecified atom stereocenters. The molecule has 22 heavy (non-hydrogen) atoms. The number of amides is 1. The molecule has 1 spiro atoms. The molecule has 120 valence electrons. The van der Waals surface area contributed by atoms with Crippen molar-refractivity contribution in [1.29, 1.82) is 0 Å². The third-order valence-corrected chi connectivity index (χ3v) is 4.60. The van der Waals surface area contributed by atoms with Gasteiger partial charge in [0, 0.05) is 26.1 Å². The van der Waals surface area contributed by atoms with Gasteiger partial charge in [-0.05, 0) is 24.8 Å². The van der Waals surface area contributed by atoms with E-state index in [1.54, 1.807) is 4.90 Å². The Bertz CT molecular complexity index is 497. The molecule has 1 N–H and O–H groups in total. The zero-order valence-electron chi connectivity index (χ0n) is 12.7. The van der Waals surface area contributed by atoms with Gasteiger partial charge in [0.2, 0.25) is 0 Å². The zero-order valence-corrected chi connectivity index (χ0v) is 12.7. The van der Waals surface area contributed by atoms with Crippen molar-refractivity contribution < 1.29 is 19.4 Å². The smallest absolute Gasteiger partial charge is 0.410 e. The summed E-state index contributed by atoms with van der Waals surface area (Å²) in [7, 11) is 0. The van der Waals surface area contributed by atoms with E-state index >= 15 is 0 Å². The maximum Gasteiger partial charge on any atom is 0.410 e. The molecule has 2 aliphatic heterocycles. The highest BCUT2D eigenvalue weighted by Gasteiger charge is 2.41. The second kappa shape index (κ2) is 6.67. The maximum absolute atomic E-state index is 12.1. The molecule has 2 saturated heterocycles. The zero-order chi connectivity index (χ0) is 15.4. The van der Waals surface area contributed by atoms with Gasteiger partial charge in [0.1, 0.15) is 6.61 Å². The predicted molar refractivity (Wildman–Crippen MR) is 81.4 cm³/mol. The summed E-state index contributed by atoms with van der Waals surface area (Å²) in [5, 5.41) is 9.83. The Kier molecular flexibility index (Phi) is 4.64. The highest BCUT2D eigenvalue weighted by atomic mass is 16.6. The molecule has 0 bridgehead atoms. The first-order valence-corrected chi connectivity index (χ1v) is 7.95. The summed E-state index contributed by atoms with van der Waals surface area (Å²) < 4.78 is 11.3. The Morgan fingerprint density at radius 3 is 2.73 bits per heavy atom. The topological polar surface area (TPSA) is 59.0 Å². The van der Waals surface area contributed by atoms with Crippen molar-refractivity contribution in [2.24, 2.45) is 0 Å². The van der Waals surface area contributed by atoms with Gasteiger partial charge in [-0.15, -0.1) is 0 Å². The van der Waals surface area contributed by atoms with E-state index in [-0.39, 0.29) is 17.8 Å². The summed E-state index contributed by atoms with van der Waals surface area (Å²) in [6.45, 7) is 2.16. The standard InChI is InChI=1S/C17H23NO4/c19-15-6-11-22-17(12-15)7-9-18(10-8-17)16(20)21-13-14-4-2-1-3-5-14/h1-5,15,19H,6-13H2. The van der Waals surface area contributed by atoms with E-state index in [9.17, 15) is 9.90 Å². The van der Waals surface area contributed by atoms with Crippen molar-refractivity contribution in [1.82, 2.24) is 4.90 Å². The van der Waals surface area contributed by atoms with E-state index in [1.807, 2.05) is 30.3 Å². The second-order valence-electron chi connectivity index (χ2n) is 6.21. The molecule has 0 aromatic heterocycles. The molecule has 0 radical (unpaired) electrons. The summed E-state index contributed by atoms with van der Waals surface area (Å²) in [6, 6.07) is 9.68. The van der Waals surface area contributed by atoms with Gasteiger partial charge in [0.15, 0.2) is 0 Å². The molecule has 0 aliphatic carbocycles. The second-order valence-corrected chi connectivity index (χ2v) is 6.21. The van der Waals surface area contributed by atoms with Crippen LogP contribution in [0.5, 0.6) is 0 Å². The molecule has 2 heterocycles. The number of piperidine rings is 1. The van der Waals surface area contributed by atoms with Gasteiger partial charge < -0.3 is 19.5 Å². The molecule has 1 aromatic rings. The van der Waals surface area contributed by atoms with Crippen molar-refractivity contribution in [2.45, 2.75) is 44.0 Å². The van der Waals surface area contributed by atoms with Gasteiger partial charge in [0.25, 0.3) is 0 Å². The monoisotopic (exact) mass is 305 g/mol. The first kappa shape index (κ1) is 15.3. The average molecular weight is 305 g/mol. The fraction of sp³-hybridized carbons (Fsp3) is 0.588. The molecular weight excluding hydrogens is 282 g/mol. The molecule has 2 fully saturated rings.